The number of aryl methyl sites for hydroxylation is 2. The molecule has 1 unspecified atom stereocenters. The van der Waals surface area contributed by atoms with Gasteiger partial charge in [0.05, 0.1) is 11.3 Å². The highest BCUT2D eigenvalue weighted by Crippen LogP contribution is 2.16. The normalized spacial score (nSPS) is 18.9. The number of nitrogens with zero attached hydrogens (tertiary/aromatic N) is 3. The Balaban J connectivity index is 1.87. The zero-order valence-corrected chi connectivity index (χ0v) is 11.1. The van der Waals surface area contributed by atoms with Crippen LogP contribution < -0.4 is 10.6 Å². The third-order valence-electron chi connectivity index (χ3n) is 3.52. The van der Waals surface area contributed by atoms with Crippen molar-refractivity contribution in [2.75, 3.05) is 13.1 Å². The van der Waals surface area contributed by atoms with Gasteiger partial charge in [-0.05, 0) is 26.0 Å². The molecule has 1 aliphatic rings. The molecule has 0 radical (unpaired) electrons. The lowest BCUT2D eigenvalue weighted by Gasteiger charge is -2.11. The summed E-state index contributed by atoms with van der Waals surface area (Å²) in [4.78, 5) is 16.5. The summed E-state index contributed by atoms with van der Waals surface area (Å²) in [5.74, 6) is -0.0636. The molecule has 1 amide bonds. The lowest BCUT2D eigenvalue weighted by molar-refractivity contribution is 0.0940. The van der Waals surface area contributed by atoms with Crippen LogP contribution >= 0.6 is 0 Å². The van der Waals surface area contributed by atoms with Crippen molar-refractivity contribution in [2.24, 2.45) is 7.05 Å². The van der Waals surface area contributed by atoms with Crippen LogP contribution in [0, 0.1) is 6.92 Å². The van der Waals surface area contributed by atoms with E-state index in [0.29, 0.717) is 5.56 Å². The van der Waals surface area contributed by atoms with Crippen molar-refractivity contribution in [1.29, 1.82) is 0 Å². The minimum atomic E-state index is -0.0636. The van der Waals surface area contributed by atoms with E-state index in [1.165, 1.54) is 0 Å². The maximum Gasteiger partial charge on any atom is 0.253 e. The predicted molar refractivity (Wildman–Crippen MR) is 72.0 cm³/mol. The summed E-state index contributed by atoms with van der Waals surface area (Å²) in [7, 11) is 1.85. The lowest BCUT2D eigenvalue weighted by Crippen LogP contribution is -2.36. The summed E-state index contributed by atoms with van der Waals surface area (Å²) < 4.78 is 1.73. The molecule has 1 saturated heterocycles. The molecular weight excluding hydrogens is 242 g/mol. The minimum absolute atomic E-state index is 0.0636. The van der Waals surface area contributed by atoms with Gasteiger partial charge in [-0.3, -0.25) is 9.48 Å². The van der Waals surface area contributed by atoms with Gasteiger partial charge >= 0.3 is 0 Å². The van der Waals surface area contributed by atoms with Gasteiger partial charge in [0, 0.05) is 31.2 Å². The smallest absolute Gasteiger partial charge is 0.253 e. The Hall–Kier alpha value is -1.95. The molecule has 100 valence electrons. The van der Waals surface area contributed by atoms with Crippen LogP contribution in [0.2, 0.25) is 0 Å². The summed E-state index contributed by atoms with van der Waals surface area (Å²) in [6, 6.07) is 2.08. The van der Waals surface area contributed by atoms with Crippen LogP contribution in [0.1, 0.15) is 22.5 Å². The van der Waals surface area contributed by atoms with E-state index >= 15 is 0 Å². The number of nitrogens with one attached hydrogen (secondary N) is 2. The first-order chi connectivity index (χ1) is 9.15. The van der Waals surface area contributed by atoms with E-state index in [-0.39, 0.29) is 11.9 Å². The highest BCUT2D eigenvalue weighted by atomic mass is 16.1. The van der Waals surface area contributed by atoms with E-state index in [4.69, 9.17) is 0 Å². The maximum absolute atomic E-state index is 12.2. The molecule has 3 heterocycles. The molecule has 2 aromatic rings. The Morgan fingerprint density at radius 2 is 2.42 bits per heavy atom. The van der Waals surface area contributed by atoms with E-state index in [9.17, 15) is 4.79 Å². The van der Waals surface area contributed by atoms with Crippen LogP contribution in [0.25, 0.3) is 11.0 Å². The van der Waals surface area contributed by atoms with Crippen molar-refractivity contribution in [2.45, 2.75) is 19.4 Å². The van der Waals surface area contributed by atoms with Gasteiger partial charge in [0.1, 0.15) is 0 Å². The molecule has 19 heavy (non-hydrogen) atoms. The van der Waals surface area contributed by atoms with Crippen molar-refractivity contribution in [3.05, 3.63) is 23.5 Å². The maximum atomic E-state index is 12.2. The predicted octanol–water partition coefficient (Wildman–Crippen LogP) is 0.368. The summed E-state index contributed by atoms with van der Waals surface area (Å²) >= 11 is 0. The van der Waals surface area contributed by atoms with Crippen molar-refractivity contribution in [3.63, 3.8) is 0 Å². The number of rotatable bonds is 2. The summed E-state index contributed by atoms with van der Waals surface area (Å²) in [6.07, 6.45) is 2.59. The van der Waals surface area contributed by atoms with Crippen LogP contribution in [0.4, 0.5) is 0 Å². The molecule has 2 N–H and O–H groups in total. The summed E-state index contributed by atoms with van der Waals surface area (Å²) in [6.45, 7) is 3.73. The monoisotopic (exact) mass is 259 g/mol. The Bertz CT molecular complexity index is 627. The van der Waals surface area contributed by atoms with Crippen LogP contribution in [0.15, 0.2) is 12.3 Å². The molecule has 1 aliphatic heterocycles. The number of amides is 1. The Morgan fingerprint density at radius 3 is 3.16 bits per heavy atom. The van der Waals surface area contributed by atoms with Gasteiger partial charge in [0.25, 0.3) is 5.91 Å². The minimum Gasteiger partial charge on any atom is -0.348 e. The first kappa shape index (κ1) is 12.1. The first-order valence-electron chi connectivity index (χ1n) is 6.46. The fourth-order valence-corrected chi connectivity index (χ4v) is 2.48. The molecule has 0 saturated carbocycles. The number of carbonyl (C=O) groups is 1. The van der Waals surface area contributed by atoms with E-state index in [2.05, 4.69) is 20.7 Å². The summed E-state index contributed by atoms with van der Waals surface area (Å²) in [5.41, 5.74) is 2.29. The second-order valence-electron chi connectivity index (χ2n) is 4.97. The average Bonchev–Trinajstić information content (AvgIpc) is 2.99. The van der Waals surface area contributed by atoms with Gasteiger partial charge in [-0.25, -0.2) is 4.98 Å². The second-order valence-corrected chi connectivity index (χ2v) is 4.97. The van der Waals surface area contributed by atoms with Gasteiger partial charge in [-0.1, -0.05) is 0 Å². The molecule has 3 rings (SSSR count). The van der Waals surface area contributed by atoms with Gasteiger partial charge in [-0.15, -0.1) is 0 Å². The molecule has 0 spiro atoms. The standard InChI is InChI=1S/C13H17N5O/c1-8-11-5-9(6-15-12(11)18(2)17-8)13(19)16-10-3-4-14-7-10/h5-6,10,14H,3-4,7H2,1-2H3,(H,16,19). The number of fused-ring (bicyclic) bond motifs is 1. The zero-order chi connectivity index (χ0) is 13.4. The number of carbonyl (C=O) groups excluding carboxylic acids is 1. The van der Waals surface area contributed by atoms with E-state index in [1.54, 1.807) is 10.9 Å². The highest BCUT2D eigenvalue weighted by Gasteiger charge is 2.18. The van der Waals surface area contributed by atoms with Crippen molar-refractivity contribution in [3.8, 4) is 0 Å². The van der Waals surface area contributed by atoms with Crippen LogP contribution in [-0.4, -0.2) is 39.8 Å². The van der Waals surface area contributed by atoms with E-state index in [1.807, 2.05) is 20.0 Å². The molecular formula is C13H17N5O. The second kappa shape index (κ2) is 4.62. The fourth-order valence-electron chi connectivity index (χ4n) is 2.48. The SMILES string of the molecule is Cc1nn(C)c2ncc(C(=O)NC3CCNC3)cc12. The third kappa shape index (κ3) is 2.19. The first-order valence-corrected chi connectivity index (χ1v) is 6.46. The van der Waals surface area contributed by atoms with Crippen molar-refractivity contribution in [1.82, 2.24) is 25.4 Å². The number of pyridine rings is 1. The molecule has 0 aromatic carbocycles. The molecule has 2 aromatic heterocycles. The van der Waals surface area contributed by atoms with Gasteiger partial charge < -0.3 is 10.6 Å². The van der Waals surface area contributed by atoms with Crippen LogP contribution in [-0.2, 0) is 7.05 Å². The molecule has 0 bridgehead atoms. The Kier molecular flexibility index (Phi) is 2.94. The Morgan fingerprint density at radius 1 is 1.58 bits per heavy atom. The molecule has 6 heteroatoms. The topological polar surface area (TPSA) is 71.8 Å². The fraction of sp³-hybridized carbons (Fsp3) is 0.462. The van der Waals surface area contributed by atoms with Gasteiger partial charge in [0.15, 0.2) is 5.65 Å². The molecule has 0 aliphatic carbocycles. The number of hydrogen-bond acceptors (Lipinski definition) is 4. The van der Waals surface area contributed by atoms with Crippen molar-refractivity contribution >= 4 is 16.9 Å². The summed E-state index contributed by atoms with van der Waals surface area (Å²) in [5, 5.41) is 11.5. The Labute approximate surface area is 111 Å². The van der Waals surface area contributed by atoms with Crippen molar-refractivity contribution < 1.29 is 4.79 Å². The van der Waals surface area contributed by atoms with Gasteiger partial charge in [0.2, 0.25) is 0 Å². The van der Waals surface area contributed by atoms with E-state index < -0.39 is 0 Å². The quantitative estimate of drug-likeness (QED) is 0.817. The lowest BCUT2D eigenvalue weighted by atomic mass is 10.2. The average molecular weight is 259 g/mol. The number of aromatic nitrogens is 3. The highest BCUT2D eigenvalue weighted by molar-refractivity contribution is 5.97. The van der Waals surface area contributed by atoms with Crippen LogP contribution in [0.3, 0.4) is 0 Å². The zero-order valence-electron chi connectivity index (χ0n) is 11.1. The van der Waals surface area contributed by atoms with E-state index in [0.717, 1.165) is 36.2 Å². The molecule has 1 atom stereocenters. The molecule has 6 nitrogen and oxygen atoms in total. The largest absolute Gasteiger partial charge is 0.348 e. The number of hydrogen-bond donors (Lipinski definition) is 2. The van der Waals surface area contributed by atoms with Crippen LogP contribution in [0.5, 0.6) is 0 Å². The van der Waals surface area contributed by atoms with Gasteiger partial charge in [-0.2, -0.15) is 5.10 Å². The third-order valence-corrected chi connectivity index (χ3v) is 3.52. The molecule has 1 fully saturated rings.